The SMILES string of the molecule is Cc1ccc(-c2ccc(-c3ccccc3)c[n+]2C)c(C)c1. The fourth-order valence-corrected chi connectivity index (χ4v) is 2.79. The van der Waals surface area contributed by atoms with E-state index in [4.69, 9.17) is 0 Å². The molecule has 0 aliphatic heterocycles. The summed E-state index contributed by atoms with van der Waals surface area (Å²) in [5.41, 5.74) is 7.65. The summed E-state index contributed by atoms with van der Waals surface area (Å²) in [6.45, 7) is 4.31. The fourth-order valence-electron chi connectivity index (χ4n) is 2.79. The van der Waals surface area contributed by atoms with Gasteiger partial charge in [-0.25, -0.2) is 4.57 Å². The second-order valence-electron chi connectivity index (χ2n) is 5.60. The van der Waals surface area contributed by atoms with E-state index in [9.17, 15) is 0 Å². The highest BCUT2D eigenvalue weighted by atomic mass is 14.9. The van der Waals surface area contributed by atoms with Crippen LogP contribution in [0.5, 0.6) is 0 Å². The van der Waals surface area contributed by atoms with Crippen LogP contribution in [0.25, 0.3) is 22.4 Å². The summed E-state index contributed by atoms with van der Waals surface area (Å²) < 4.78 is 2.21. The molecule has 1 heteroatoms. The molecule has 0 aliphatic rings. The molecule has 0 aliphatic carbocycles. The van der Waals surface area contributed by atoms with Crippen molar-refractivity contribution >= 4 is 0 Å². The number of hydrogen-bond acceptors (Lipinski definition) is 0. The number of aryl methyl sites for hydroxylation is 3. The normalized spacial score (nSPS) is 10.6. The lowest BCUT2D eigenvalue weighted by Crippen LogP contribution is -2.30. The first-order valence-corrected chi connectivity index (χ1v) is 7.28. The van der Waals surface area contributed by atoms with Gasteiger partial charge in [-0.05, 0) is 37.1 Å². The average Bonchev–Trinajstić information content (AvgIpc) is 2.49. The smallest absolute Gasteiger partial charge is 0.200 e. The Morgan fingerprint density at radius 2 is 1.52 bits per heavy atom. The summed E-state index contributed by atoms with van der Waals surface area (Å²) in [5.74, 6) is 0. The predicted octanol–water partition coefficient (Wildman–Crippen LogP) is 4.46. The van der Waals surface area contributed by atoms with Gasteiger partial charge in [0.15, 0.2) is 6.20 Å². The molecule has 0 unspecified atom stereocenters. The van der Waals surface area contributed by atoms with Crippen LogP contribution in [0.15, 0.2) is 66.9 Å². The van der Waals surface area contributed by atoms with Crippen LogP contribution in [0.3, 0.4) is 0 Å². The Balaban J connectivity index is 2.06. The van der Waals surface area contributed by atoms with Crippen LogP contribution in [0, 0.1) is 13.8 Å². The molecule has 0 N–H and O–H groups in total. The van der Waals surface area contributed by atoms with E-state index in [1.54, 1.807) is 0 Å². The third-order valence-electron chi connectivity index (χ3n) is 3.90. The van der Waals surface area contributed by atoms with Crippen LogP contribution in [-0.2, 0) is 7.05 Å². The zero-order valence-corrected chi connectivity index (χ0v) is 12.8. The number of pyridine rings is 1. The third-order valence-corrected chi connectivity index (χ3v) is 3.90. The van der Waals surface area contributed by atoms with Crippen molar-refractivity contribution in [3.63, 3.8) is 0 Å². The molecule has 1 aromatic heterocycles. The number of benzene rings is 2. The highest BCUT2D eigenvalue weighted by Gasteiger charge is 2.13. The summed E-state index contributed by atoms with van der Waals surface area (Å²) in [4.78, 5) is 0. The van der Waals surface area contributed by atoms with Gasteiger partial charge in [0, 0.05) is 17.2 Å². The van der Waals surface area contributed by atoms with Crippen molar-refractivity contribution in [1.82, 2.24) is 0 Å². The topological polar surface area (TPSA) is 3.88 Å². The van der Waals surface area contributed by atoms with Crippen LogP contribution >= 0.6 is 0 Å². The van der Waals surface area contributed by atoms with E-state index in [1.165, 1.54) is 33.5 Å². The van der Waals surface area contributed by atoms with Crippen LogP contribution in [0.2, 0.25) is 0 Å². The number of rotatable bonds is 2. The Kier molecular flexibility index (Phi) is 3.57. The lowest BCUT2D eigenvalue weighted by molar-refractivity contribution is -0.659. The molecule has 0 spiro atoms. The van der Waals surface area contributed by atoms with Crippen molar-refractivity contribution in [3.05, 3.63) is 78.0 Å². The van der Waals surface area contributed by atoms with Gasteiger partial charge in [-0.3, -0.25) is 0 Å². The van der Waals surface area contributed by atoms with Gasteiger partial charge in [-0.15, -0.1) is 0 Å². The number of aromatic nitrogens is 1. The maximum absolute atomic E-state index is 2.24. The molecule has 0 saturated carbocycles. The van der Waals surface area contributed by atoms with Gasteiger partial charge < -0.3 is 0 Å². The number of hydrogen-bond donors (Lipinski definition) is 0. The van der Waals surface area contributed by atoms with Crippen molar-refractivity contribution in [2.45, 2.75) is 13.8 Å². The summed E-state index contributed by atoms with van der Waals surface area (Å²) in [7, 11) is 2.11. The lowest BCUT2D eigenvalue weighted by atomic mass is 10.0. The van der Waals surface area contributed by atoms with Crippen LogP contribution < -0.4 is 4.57 Å². The summed E-state index contributed by atoms with van der Waals surface area (Å²) in [6, 6.07) is 21.5. The maximum Gasteiger partial charge on any atom is 0.212 e. The summed E-state index contributed by atoms with van der Waals surface area (Å²) in [6.07, 6.45) is 2.20. The Morgan fingerprint density at radius 3 is 2.19 bits per heavy atom. The Hall–Kier alpha value is -2.41. The van der Waals surface area contributed by atoms with Gasteiger partial charge in [0.25, 0.3) is 0 Å². The molecule has 1 heterocycles. The quantitative estimate of drug-likeness (QED) is 0.607. The summed E-state index contributed by atoms with van der Waals surface area (Å²) in [5, 5.41) is 0. The molecule has 3 aromatic rings. The molecule has 21 heavy (non-hydrogen) atoms. The van der Waals surface area contributed by atoms with E-state index in [0.717, 1.165) is 0 Å². The maximum atomic E-state index is 2.24. The Labute approximate surface area is 126 Å². The van der Waals surface area contributed by atoms with Gasteiger partial charge in [0.1, 0.15) is 7.05 Å². The summed E-state index contributed by atoms with van der Waals surface area (Å²) >= 11 is 0. The monoisotopic (exact) mass is 274 g/mol. The molecule has 104 valence electrons. The molecular weight excluding hydrogens is 254 g/mol. The number of nitrogens with zero attached hydrogens (tertiary/aromatic N) is 1. The van der Waals surface area contributed by atoms with E-state index < -0.39 is 0 Å². The van der Waals surface area contributed by atoms with Gasteiger partial charge in [0.2, 0.25) is 5.69 Å². The predicted molar refractivity (Wildman–Crippen MR) is 88.0 cm³/mol. The molecule has 0 radical (unpaired) electrons. The molecular formula is C20H20N+. The zero-order chi connectivity index (χ0) is 14.8. The first-order valence-electron chi connectivity index (χ1n) is 7.28. The standard InChI is InChI=1S/C20H20N/c1-15-9-11-19(16(2)13-15)20-12-10-18(14-21(20)3)17-7-5-4-6-8-17/h4-14H,1-3H3/q+1. The third kappa shape index (κ3) is 2.73. The molecule has 0 atom stereocenters. The molecule has 0 saturated heterocycles. The fraction of sp³-hybridized carbons (Fsp3) is 0.150. The van der Waals surface area contributed by atoms with E-state index >= 15 is 0 Å². The average molecular weight is 274 g/mol. The molecule has 1 nitrogen and oxygen atoms in total. The molecule has 0 bridgehead atoms. The van der Waals surface area contributed by atoms with Crippen LogP contribution in [0.1, 0.15) is 11.1 Å². The van der Waals surface area contributed by atoms with Gasteiger partial charge in [-0.2, -0.15) is 0 Å². The molecule has 0 amide bonds. The van der Waals surface area contributed by atoms with E-state index in [1.807, 2.05) is 6.07 Å². The largest absolute Gasteiger partial charge is 0.212 e. The zero-order valence-electron chi connectivity index (χ0n) is 12.8. The minimum atomic E-state index is 1.24. The highest BCUT2D eigenvalue weighted by molar-refractivity contribution is 5.66. The second kappa shape index (κ2) is 5.53. The first kappa shape index (κ1) is 13.6. The van der Waals surface area contributed by atoms with Gasteiger partial charge in [0.05, 0.1) is 0 Å². The van der Waals surface area contributed by atoms with E-state index in [2.05, 4.69) is 86.3 Å². The minimum absolute atomic E-state index is 1.24. The van der Waals surface area contributed by atoms with Crippen LogP contribution in [0.4, 0.5) is 0 Å². The van der Waals surface area contributed by atoms with Crippen molar-refractivity contribution in [3.8, 4) is 22.4 Å². The van der Waals surface area contributed by atoms with E-state index in [0.29, 0.717) is 0 Å². The lowest BCUT2D eigenvalue weighted by Gasteiger charge is -2.07. The molecule has 2 aromatic carbocycles. The van der Waals surface area contributed by atoms with Crippen molar-refractivity contribution < 1.29 is 4.57 Å². The van der Waals surface area contributed by atoms with Crippen molar-refractivity contribution in [2.75, 3.05) is 0 Å². The Bertz CT molecular complexity index is 773. The molecule has 0 fully saturated rings. The van der Waals surface area contributed by atoms with Gasteiger partial charge >= 0.3 is 0 Å². The van der Waals surface area contributed by atoms with Crippen LogP contribution in [-0.4, -0.2) is 0 Å². The highest BCUT2D eigenvalue weighted by Crippen LogP contribution is 2.24. The first-order chi connectivity index (χ1) is 10.1. The van der Waals surface area contributed by atoms with Gasteiger partial charge in [-0.1, -0.05) is 48.0 Å². The van der Waals surface area contributed by atoms with E-state index in [-0.39, 0.29) is 0 Å². The minimum Gasteiger partial charge on any atom is -0.200 e. The second-order valence-corrected chi connectivity index (χ2v) is 5.60. The van der Waals surface area contributed by atoms with Crippen molar-refractivity contribution in [2.24, 2.45) is 7.05 Å². The molecule has 3 rings (SSSR count). The Morgan fingerprint density at radius 1 is 0.762 bits per heavy atom. The van der Waals surface area contributed by atoms with Crippen molar-refractivity contribution in [1.29, 1.82) is 0 Å².